The molecule has 0 unspecified atom stereocenters. The van der Waals surface area contributed by atoms with Crippen molar-refractivity contribution in [1.29, 1.82) is 5.26 Å². The Labute approximate surface area is 81.1 Å². The molecule has 1 rings (SSSR count). The van der Waals surface area contributed by atoms with E-state index in [1.807, 2.05) is 18.2 Å². The van der Waals surface area contributed by atoms with Crippen LogP contribution < -0.4 is 0 Å². The second-order valence-corrected chi connectivity index (χ2v) is 2.70. The number of hydrogen-bond donors (Lipinski definition) is 0. The highest BCUT2D eigenvalue weighted by Crippen LogP contribution is 2.07. The first-order chi connectivity index (χ1) is 6.24. The van der Waals surface area contributed by atoms with Gasteiger partial charge in [-0.1, -0.05) is 30.3 Å². The summed E-state index contributed by atoms with van der Waals surface area (Å²) in [4.78, 5) is 10.7. The lowest BCUT2D eigenvalue weighted by molar-refractivity contribution is -0.108. The van der Waals surface area contributed by atoms with Crippen LogP contribution in [0.15, 0.2) is 35.9 Å². The average Bonchev–Trinajstić information content (AvgIpc) is 2.15. The SMILES string of the molecule is N#CC(=Cc1ccccc1)C(=O)Cl. The predicted octanol–water partition coefficient (Wildman–Crippen LogP) is 2.36. The molecule has 13 heavy (non-hydrogen) atoms. The predicted molar refractivity (Wildman–Crippen MR) is 50.9 cm³/mol. The van der Waals surface area contributed by atoms with E-state index in [0.29, 0.717) is 0 Å². The van der Waals surface area contributed by atoms with E-state index in [0.717, 1.165) is 5.56 Å². The molecule has 3 heteroatoms. The average molecular weight is 192 g/mol. The van der Waals surface area contributed by atoms with Crippen molar-refractivity contribution in [1.82, 2.24) is 0 Å². The van der Waals surface area contributed by atoms with Gasteiger partial charge < -0.3 is 0 Å². The lowest BCUT2D eigenvalue weighted by Crippen LogP contribution is -1.89. The highest BCUT2D eigenvalue weighted by atomic mass is 35.5. The van der Waals surface area contributed by atoms with Gasteiger partial charge >= 0.3 is 0 Å². The molecule has 0 saturated heterocycles. The monoisotopic (exact) mass is 191 g/mol. The highest BCUT2D eigenvalue weighted by Gasteiger charge is 2.03. The van der Waals surface area contributed by atoms with Crippen LogP contribution in [0.4, 0.5) is 0 Å². The molecule has 0 bridgehead atoms. The van der Waals surface area contributed by atoms with Crippen molar-refractivity contribution in [3.63, 3.8) is 0 Å². The molecule has 0 spiro atoms. The smallest absolute Gasteiger partial charge is 0.262 e. The minimum atomic E-state index is -0.730. The second kappa shape index (κ2) is 4.44. The first kappa shape index (κ1) is 9.50. The molecule has 0 aliphatic rings. The topological polar surface area (TPSA) is 40.9 Å². The van der Waals surface area contributed by atoms with E-state index in [2.05, 4.69) is 0 Å². The maximum absolute atomic E-state index is 10.7. The lowest BCUT2D eigenvalue weighted by atomic mass is 10.1. The molecule has 0 fully saturated rings. The van der Waals surface area contributed by atoms with Crippen LogP contribution in [-0.2, 0) is 4.79 Å². The Hall–Kier alpha value is -1.59. The maximum atomic E-state index is 10.7. The van der Waals surface area contributed by atoms with Crippen molar-refractivity contribution in [3.05, 3.63) is 41.5 Å². The fourth-order valence-electron chi connectivity index (χ4n) is 0.849. The minimum Gasteiger partial charge on any atom is -0.275 e. The summed E-state index contributed by atoms with van der Waals surface area (Å²) in [7, 11) is 0. The lowest BCUT2D eigenvalue weighted by Gasteiger charge is -1.91. The van der Waals surface area contributed by atoms with Crippen LogP contribution in [0.5, 0.6) is 0 Å². The number of rotatable bonds is 2. The van der Waals surface area contributed by atoms with Crippen LogP contribution in [-0.4, -0.2) is 5.24 Å². The van der Waals surface area contributed by atoms with Gasteiger partial charge in [-0.05, 0) is 23.2 Å². The molecule has 0 radical (unpaired) electrons. The van der Waals surface area contributed by atoms with E-state index >= 15 is 0 Å². The van der Waals surface area contributed by atoms with Crippen LogP contribution in [0, 0.1) is 11.3 Å². The Kier molecular flexibility index (Phi) is 3.24. The van der Waals surface area contributed by atoms with Gasteiger partial charge in [-0.25, -0.2) is 0 Å². The molecule has 0 aliphatic carbocycles. The summed E-state index contributed by atoms with van der Waals surface area (Å²) >= 11 is 5.16. The van der Waals surface area contributed by atoms with Gasteiger partial charge in [-0.15, -0.1) is 0 Å². The fraction of sp³-hybridized carbons (Fsp3) is 0. The zero-order chi connectivity index (χ0) is 9.68. The van der Waals surface area contributed by atoms with Crippen molar-refractivity contribution in [2.75, 3.05) is 0 Å². The molecule has 64 valence electrons. The van der Waals surface area contributed by atoms with Crippen molar-refractivity contribution >= 4 is 22.9 Å². The van der Waals surface area contributed by atoms with Crippen molar-refractivity contribution in [2.45, 2.75) is 0 Å². The zero-order valence-electron chi connectivity index (χ0n) is 6.70. The summed E-state index contributed by atoms with van der Waals surface area (Å²) in [6.45, 7) is 0. The third kappa shape index (κ3) is 2.73. The van der Waals surface area contributed by atoms with Gasteiger partial charge in [0.25, 0.3) is 5.24 Å². The summed E-state index contributed by atoms with van der Waals surface area (Å²) in [6.07, 6.45) is 1.45. The van der Waals surface area contributed by atoms with Crippen molar-refractivity contribution in [2.24, 2.45) is 0 Å². The van der Waals surface area contributed by atoms with Gasteiger partial charge in [0, 0.05) is 0 Å². The Balaban J connectivity index is 3.01. The Morgan fingerprint density at radius 3 is 2.46 bits per heavy atom. The van der Waals surface area contributed by atoms with E-state index in [1.54, 1.807) is 18.2 Å². The van der Waals surface area contributed by atoms with Crippen molar-refractivity contribution < 1.29 is 4.79 Å². The summed E-state index contributed by atoms with van der Waals surface area (Å²) in [5, 5.41) is 7.80. The van der Waals surface area contributed by atoms with Crippen LogP contribution in [0.3, 0.4) is 0 Å². The van der Waals surface area contributed by atoms with Crippen LogP contribution in [0.2, 0.25) is 0 Å². The number of hydrogen-bond acceptors (Lipinski definition) is 2. The number of allylic oxidation sites excluding steroid dienone is 1. The molecule has 0 amide bonds. The van der Waals surface area contributed by atoms with Crippen LogP contribution in [0.25, 0.3) is 6.08 Å². The standard InChI is InChI=1S/C10H6ClNO/c11-10(13)9(7-12)6-8-4-2-1-3-5-8/h1-6H. The molecule has 0 atom stereocenters. The zero-order valence-corrected chi connectivity index (χ0v) is 7.45. The van der Waals surface area contributed by atoms with Gasteiger partial charge in [0.1, 0.15) is 11.6 Å². The molecule has 0 N–H and O–H groups in total. The Bertz CT molecular complexity index is 376. The normalized spacial score (nSPS) is 10.6. The third-order valence-electron chi connectivity index (χ3n) is 1.44. The second-order valence-electron chi connectivity index (χ2n) is 2.35. The quantitative estimate of drug-likeness (QED) is 0.409. The molecular weight excluding hydrogens is 186 g/mol. The molecule has 0 heterocycles. The minimum absolute atomic E-state index is 0.0483. The van der Waals surface area contributed by atoms with E-state index in [4.69, 9.17) is 16.9 Å². The Morgan fingerprint density at radius 1 is 1.38 bits per heavy atom. The first-order valence-electron chi connectivity index (χ1n) is 3.60. The Morgan fingerprint density at radius 2 is 2.00 bits per heavy atom. The first-order valence-corrected chi connectivity index (χ1v) is 3.98. The number of nitrogens with zero attached hydrogens (tertiary/aromatic N) is 1. The number of benzene rings is 1. The molecular formula is C10H6ClNO. The number of carbonyl (C=O) groups is 1. The summed E-state index contributed by atoms with van der Waals surface area (Å²) < 4.78 is 0. The van der Waals surface area contributed by atoms with E-state index in [9.17, 15) is 4.79 Å². The molecule has 0 aromatic heterocycles. The maximum Gasteiger partial charge on any atom is 0.262 e. The molecule has 2 nitrogen and oxygen atoms in total. The fourth-order valence-corrected chi connectivity index (χ4v) is 0.946. The van der Waals surface area contributed by atoms with Crippen molar-refractivity contribution in [3.8, 4) is 6.07 Å². The summed E-state index contributed by atoms with van der Waals surface area (Å²) in [6, 6.07) is 10.8. The van der Waals surface area contributed by atoms with E-state index in [-0.39, 0.29) is 5.57 Å². The number of nitriles is 1. The van der Waals surface area contributed by atoms with E-state index < -0.39 is 5.24 Å². The van der Waals surface area contributed by atoms with Gasteiger partial charge in [-0.3, -0.25) is 4.79 Å². The largest absolute Gasteiger partial charge is 0.275 e. The van der Waals surface area contributed by atoms with Gasteiger partial charge in [-0.2, -0.15) is 5.26 Å². The highest BCUT2D eigenvalue weighted by molar-refractivity contribution is 6.68. The summed E-state index contributed by atoms with van der Waals surface area (Å²) in [5.74, 6) is 0. The third-order valence-corrected chi connectivity index (χ3v) is 1.65. The number of carbonyl (C=O) groups excluding carboxylic acids is 1. The van der Waals surface area contributed by atoms with E-state index in [1.165, 1.54) is 6.08 Å². The molecule has 0 aliphatic heterocycles. The summed E-state index contributed by atoms with van der Waals surface area (Å²) in [5.41, 5.74) is 0.737. The van der Waals surface area contributed by atoms with Crippen LogP contribution >= 0.6 is 11.6 Å². The molecule has 1 aromatic carbocycles. The number of halogens is 1. The van der Waals surface area contributed by atoms with Gasteiger partial charge in [0.05, 0.1) is 0 Å². The van der Waals surface area contributed by atoms with Gasteiger partial charge in [0.15, 0.2) is 0 Å². The van der Waals surface area contributed by atoms with Gasteiger partial charge in [0.2, 0.25) is 0 Å². The molecule has 0 saturated carbocycles. The van der Waals surface area contributed by atoms with Crippen LogP contribution in [0.1, 0.15) is 5.56 Å². The molecule has 1 aromatic rings.